The average Bonchev–Trinajstić information content (AvgIpc) is 2.98. The summed E-state index contributed by atoms with van der Waals surface area (Å²) in [4.78, 5) is 14.2. The summed E-state index contributed by atoms with van der Waals surface area (Å²) in [6.07, 6.45) is 1.49. The van der Waals surface area contributed by atoms with E-state index >= 15 is 0 Å². The highest BCUT2D eigenvalue weighted by Gasteiger charge is 2.24. The number of carbonyl (C=O) groups is 1. The molecule has 0 unspecified atom stereocenters. The van der Waals surface area contributed by atoms with E-state index in [2.05, 4.69) is 5.16 Å². The van der Waals surface area contributed by atoms with Crippen molar-refractivity contribution in [2.24, 2.45) is 0 Å². The molecule has 0 radical (unpaired) electrons. The minimum atomic E-state index is -0.0524. The summed E-state index contributed by atoms with van der Waals surface area (Å²) in [7, 11) is 0. The second kappa shape index (κ2) is 5.24. The van der Waals surface area contributed by atoms with Crippen LogP contribution < -0.4 is 0 Å². The molecule has 2 aromatic rings. The second-order valence-corrected chi connectivity index (χ2v) is 4.34. The van der Waals surface area contributed by atoms with Crippen LogP contribution in [0.5, 0.6) is 0 Å². The van der Waals surface area contributed by atoms with Crippen LogP contribution in [0.4, 0.5) is 0 Å². The molecule has 1 saturated heterocycles. The van der Waals surface area contributed by atoms with Gasteiger partial charge in [-0.3, -0.25) is 4.79 Å². The predicted molar refractivity (Wildman–Crippen MR) is 68.7 cm³/mol. The molecule has 1 fully saturated rings. The quantitative estimate of drug-likeness (QED) is 0.824. The molecule has 0 saturated carbocycles. The Hall–Kier alpha value is -2.14. The molecular formula is C14H14N2O3. The SMILES string of the molecule is O=C(c1cnoc1-c1ccccc1)N1CCOCC1. The average molecular weight is 258 g/mol. The number of carbonyl (C=O) groups excluding carboxylic acids is 1. The summed E-state index contributed by atoms with van der Waals surface area (Å²) in [6.45, 7) is 2.38. The van der Waals surface area contributed by atoms with E-state index < -0.39 is 0 Å². The molecule has 5 nitrogen and oxygen atoms in total. The molecule has 1 aliphatic heterocycles. The Bertz CT molecular complexity index is 559. The Balaban J connectivity index is 1.89. The third-order valence-corrected chi connectivity index (χ3v) is 3.14. The lowest BCUT2D eigenvalue weighted by Gasteiger charge is -2.26. The molecule has 1 aromatic carbocycles. The summed E-state index contributed by atoms with van der Waals surface area (Å²) in [6, 6.07) is 9.53. The molecule has 0 spiro atoms. The molecular weight excluding hydrogens is 244 g/mol. The molecule has 5 heteroatoms. The van der Waals surface area contributed by atoms with E-state index in [-0.39, 0.29) is 5.91 Å². The highest BCUT2D eigenvalue weighted by molar-refractivity contribution is 5.99. The van der Waals surface area contributed by atoms with Gasteiger partial charge < -0.3 is 14.2 Å². The number of hydrogen-bond donors (Lipinski definition) is 0. The zero-order valence-electron chi connectivity index (χ0n) is 10.4. The highest BCUT2D eigenvalue weighted by Crippen LogP contribution is 2.24. The fourth-order valence-electron chi connectivity index (χ4n) is 2.13. The van der Waals surface area contributed by atoms with Gasteiger partial charge in [0.25, 0.3) is 5.91 Å². The number of benzene rings is 1. The molecule has 3 rings (SSSR count). The van der Waals surface area contributed by atoms with Gasteiger partial charge in [0.1, 0.15) is 5.56 Å². The molecule has 1 aliphatic rings. The monoisotopic (exact) mass is 258 g/mol. The second-order valence-electron chi connectivity index (χ2n) is 4.34. The Kier molecular flexibility index (Phi) is 3.29. The van der Waals surface area contributed by atoms with Gasteiger partial charge in [0.05, 0.1) is 19.4 Å². The summed E-state index contributed by atoms with van der Waals surface area (Å²) in [5.41, 5.74) is 1.37. The van der Waals surface area contributed by atoms with Crippen LogP contribution >= 0.6 is 0 Å². The topological polar surface area (TPSA) is 55.6 Å². The maximum Gasteiger partial charge on any atom is 0.259 e. The molecule has 0 N–H and O–H groups in total. The zero-order valence-corrected chi connectivity index (χ0v) is 10.4. The van der Waals surface area contributed by atoms with Crippen molar-refractivity contribution < 1.29 is 14.1 Å². The van der Waals surface area contributed by atoms with Crippen molar-refractivity contribution in [1.82, 2.24) is 10.1 Å². The van der Waals surface area contributed by atoms with Crippen LogP contribution in [0.2, 0.25) is 0 Å². The van der Waals surface area contributed by atoms with Gasteiger partial charge >= 0.3 is 0 Å². The number of morpholine rings is 1. The number of nitrogens with zero attached hydrogens (tertiary/aromatic N) is 2. The maximum absolute atomic E-state index is 12.4. The lowest BCUT2D eigenvalue weighted by atomic mass is 10.1. The van der Waals surface area contributed by atoms with Crippen LogP contribution in [0, 0.1) is 0 Å². The molecule has 1 aromatic heterocycles. The van der Waals surface area contributed by atoms with Crippen LogP contribution in [0.3, 0.4) is 0 Å². The van der Waals surface area contributed by atoms with Gasteiger partial charge in [-0.15, -0.1) is 0 Å². The van der Waals surface area contributed by atoms with Crippen LogP contribution in [0.25, 0.3) is 11.3 Å². The van der Waals surface area contributed by atoms with Gasteiger partial charge in [0, 0.05) is 18.7 Å². The van der Waals surface area contributed by atoms with Gasteiger partial charge in [0.2, 0.25) is 0 Å². The first-order valence-electron chi connectivity index (χ1n) is 6.23. The van der Waals surface area contributed by atoms with E-state index in [1.165, 1.54) is 6.20 Å². The van der Waals surface area contributed by atoms with E-state index in [1.54, 1.807) is 4.90 Å². The van der Waals surface area contributed by atoms with Crippen molar-refractivity contribution >= 4 is 5.91 Å². The first-order valence-corrected chi connectivity index (χ1v) is 6.23. The van der Waals surface area contributed by atoms with Crippen LogP contribution in [0.15, 0.2) is 41.1 Å². The number of amides is 1. The highest BCUT2D eigenvalue weighted by atomic mass is 16.5. The van der Waals surface area contributed by atoms with E-state index in [0.717, 1.165) is 5.56 Å². The fourth-order valence-corrected chi connectivity index (χ4v) is 2.13. The molecule has 98 valence electrons. The summed E-state index contributed by atoms with van der Waals surface area (Å²) >= 11 is 0. The standard InChI is InChI=1S/C14H14N2O3/c17-14(16-6-8-18-9-7-16)12-10-15-19-13(12)11-4-2-1-3-5-11/h1-5,10H,6-9H2. The Morgan fingerprint density at radius 1 is 1.16 bits per heavy atom. The van der Waals surface area contributed by atoms with E-state index in [1.807, 2.05) is 30.3 Å². The minimum absolute atomic E-state index is 0.0524. The van der Waals surface area contributed by atoms with Gasteiger partial charge in [-0.2, -0.15) is 0 Å². The van der Waals surface area contributed by atoms with Crippen molar-refractivity contribution in [2.75, 3.05) is 26.3 Å². The van der Waals surface area contributed by atoms with Crippen molar-refractivity contribution in [3.05, 3.63) is 42.1 Å². The molecule has 19 heavy (non-hydrogen) atoms. The van der Waals surface area contributed by atoms with E-state index in [0.29, 0.717) is 37.6 Å². The molecule has 0 aliphatic carbocycles. The van der Waals surface area contributed by atoms with Crippen molar-refractivity contribution in [3.8, 4) is 11.3 Å². The number of hydrogen-bond acceptors (Lipinski definition) is 4. The lowest BCUT2D eigenvalue weighted by Crippen LogP contribution is -2.40. The summed E-state index contributed by atoms with van der Waals surface area (Å²) in [5, 5.41) is 3.76. The molecule has 1 amide bonds. The largest absolute Gasteiger partial charge is 0.378 e. The lowest BCUT2D eigenvalue weighted by molar-refractivity contribution is 0.0303. The molecule has 2 heterocycles. The molecule has 0 bridgehead atoms. The van der Waals surface area contributed by atoms with E-state index in [9.17, 15) is 4.79 Å². The molecule has 0 atom stereocenters. The van der Waals surface area contributed by atoms with Crippen molar-refractivity contribution in [1.29, 1.82) is 0 Å². The number of ether oxygens (including phenoxy) is 1. The predicted octanol–water partition coefficient (Wildman–Crippen LogP) is 1.81. The Labute approximate surface area is 110 Å². The smallest absolute Gasteiger partial charge is 0.259 e. The number of rotatable bonds is 2. The van der Waals surface area contributed by atoms with Gasteiger partial charge in [-0.05, 0) is 0 Å². The first-order chi connectivity index (χ1) is 9.36. The van der Waals surface area contributed by atoms with Gasteiger partial charge in [-0.25, -0.2) is 0 Å². The van der Waals surface area contributed by atoms with Crippen LogP contribution in [0.1, 0.15) is 10.4 Å². The van der Waals surface area contributed by atoms with Crippen molar-refractivity contribution in [3.63, 3.8) is 0 Å². The fraction of sp³-hybridized carbons (Fsp3) is 0.286. The van der Waals surface area contributed by atoms with Crippen LogP contribution in [-0.2, 0) is 4.74 Å². The number of aromatic nitrogens is 1. The zero-order chi connectivity index (χ0) is 13.1. The Morgan fingerprint density at radius 3 is 2.63 bits per heavy atom. The third kappa shape index (κ3) is 2.37. The van der Waals surface area contributed by atoms with Gasteiger partial charge in [0.15, 0.2) is 5.76 Å². The minimum Gasteiger partial charge on any atom is -0.378 e. The maximum atomic E-state index is 12.4. The summed E-state index contributed by atoms with van der Waals surface area (Å²) < 4.78 is 10.5. The third-order valence-electron chi connectivity index (χ3n) is 3.14. The normalized spacial score (nSPS) is 15.5. The first kappa shape index (κ1) is 11.9. The van der Waals surface area contributed by atoms with E-state index in [4.69, 9.17) is 9.26 Å². The Morgan fingerprint density at radius 2 is 1.89 bits per heavy atom. The summed E-state index contributed by atoms with van der Waals surface area (Å²) in [5.74, 6) is 0.473. The van der Waals surface area contributed by atoms with Crippen LogP contribution in [-0.4, -0.2) is 42.3 Å². The van der Waals surface area contributed by atoms with Gasteiger partial charge in [-0.1, -0.05) is 35.5 Å². The van der Waals surface area contributed by atoms with Crippen molar-refractivity contribution in [2.45, 2.75) is 0 Å².